The highest BCUT2D eigenvalue weighted by Crippen LogP contribution is 2.12. The first-order chi connectivity index (χ1) is 5.72. The normalized spacial score (nSPS) is 29.8. The Labute approximate surface area is 71.9 Å². The molecular formula is C8H15NO3. The Morgan fingerprint density at radius 3 is 2.83 bits per heavy atom. The van der Waals surface area contributed by atoms with Gasteiger partial charge >= 0.3 is 0 Å². The van der Waals surface area contributed by atoms with E-state index in [9.17, 15) is 4.79 Å². The van der Waals surface area contributed by atoms with Gasteiger partial charge in [-0.05, 0) is 12.8 Å². The van der Waals surface area contributed by atoms with Crippen LogP contribution in [0.3, 0.4) is 0 Å². The Morgan fingerprint density at radius 2 is 2.42 bits per heavy atom. The van der Waals surface area contributed by atoms with E-state index in [-0.39, 0.29) is 24.7 Å². The minimum atomic E-state index is -0.0324. The molecule has 2 atom stereocenters. The van der Waals surface area contributed by atoms with E-state index < -0.39 is 0 Å². The van der Waals surface area contributed by atoms with E-state index >= 15 is 0 Å². The summed E-state index contributed by atoms with van der Waals surface area (Å²) in [6, 6.07) is 0.130. The number of carbonyl (C=O) groups is 1. The molecule has 1 fully saturated rings. The zero-order chi connectivity index (χ0) is 8.97. The highest BCUT2D eigenvalue weighted by Gasteiger charge is 2.20. The van der Waals surface area contributed by atoms with Crippen molar-refractivity contribution in [1.29, 1.82) is 0 Å². The molecule has 1 heterocycles. The van der Waals surface area contributed by atoms with Crippen molar-refractivity contribution in [1.82, 2.24) is 5.32 Å². The summed E-state index contributed by atoms with van der Waals surface area (Å²) in [5, 5.41) is 11.5. The number of hydrogen-bond acceptors (Lipinski definition) is 3. The summed E-state index contributed by atoms with van der Waals surface area (Å²) in [5.41, 5.74) is 0. The van der Waals surface area contributed by atoms with Crippen LogP contribution < -0.4 is 5.32 Å². The van der Waals surface area contributed by atoms with Gasteiger partial charge in [-0.25, -0.2) is 0 Å². The Balaban J connectivity index is 2.21. The van der Waals surface area contributed by atoms with Crippen LogP contribution in [0.4, 0.5) is 0 Å². The van der Waals surface area contributed by atoms with E-state index in [0.717, 1.165) is 12.8 Å². The molecule has 1 saturated heterocycles. The molecule has 1 amide bonds. The molecule has 1 aliphatic rings. The molecule has 1 rings (SSSR count). The fraction of sp³-hybridized carbons (Fsp3) is 0.875. The lowest BCUT2D eigenvalue weighted by molar-refractivity contribution is -0.121. The van der Waals surface area contributed by atoms with Gasteiger partial charge < -0.3 is 15.2 Å². The topological polar surface area (TPSA) is 58.6 Å². The van der Waals surface area contributed by atoms with Crippen molar-refractivity contribution in [2.24, 2.45) is 0 Å². The van der Waals surface area contributed by atoms with E-state index in [0.29, 0.717) is 6.61 Å². The zero-order valence-corrected chi connectivity index (χ0v) is 7.25. The van der Waals surface area contributed by atoms with E-state index in [1.54, 1.807) is 0 Å². The van der Waals surface area contributed by atoms with Gasteiger partial charge in [-0.2, -0.15) is 0 Å². The van der Waals surface area contributed by atoms with E-state index in [2.05, 4.69) is 5.32 Å². The lowest BCUT2D eigenvalue weighted by Crippen LogP contribution is -2.42. The third kappa shape index (κ3) is 2.79. The molecule has 0 bridgehead atoms. The number of aliphatic hydroxyl groups is 1. The monoisotopic (exact) mass is 173 g/mol. The van der Waals surface area contributed by atoms with Crippen molar-refractivity contribution in [2.75, 3.05) is 13.2 Å². The second kappa shape index (κ2) is 4.42. The summed E-state index contributed by atoms with van der Waals surface area (Å²) < 4.78 is 5.28. The number of carbonyl (C=O) groups excluding carboxylic acids is 1. The average Bonchev–Trinajstić information content (AvgIpc) is 2.05. The molecule has 4 nitrogen and oxygen atoms in total. The van der Waals surface area contributed by atoms with E-state index in [1.165, 1.54) is 6.92 Å². The first-order valence-corrected chi connectivity index (χ1v) is 4.22. The van der Waals surface area contributed by atoms with Crippen molar-refractivity contribution >= 4 is 5.91 Å². The van der Waals surface area contributed by atoms with Crippen LogP contribution in [0.2, 0.25) is 0 Å². The van der Waals surface area contributed by atoms with Gasteiger partial charge in [0, 0.05) is 6.92 Å². The molecular weight excluding hydrogens is 158 g/mol. The van der Waals surface area contributed by atoms with Crippen LogP contribution in [0.15, 0.2) is 0 Å². The lowest BCUT2D eigenvalue weighted by Gasteiger charge is -2.28. The van der Waals surface area contributed by atoms with Gasteiger partial charge in [0.1, 0.15) is 0 Å². The molecule has 0 aliphatic carbocycles. The van der Waals surface area contributed by atoms with E-state index in [4.69, 9.17) is 9.84 Å². The average molecular weight is 173 g/mol. The molecule has 0 aromatic carbocycles. The maximum absolute atomic E-state index is 10.6. The number of ether oxygens (including phenoxy) is 1. The highest BCUT2D eigenvalue weighted by atomic mass is 16.5. The van der Waals surface area contributed by atoms with Gasteiger partial charge in [0.25, 0.3) is 0 Å². The predicted octanol–water partition coefficient (Wildman–Crippen LogP) is -0.338. The number of nitrogens with one attached hydrogen (secondary N) is 1. The van der Waals surface area contributed by atoms with Crippen molar-refractivity contribution in [2.45, 2.75) is 31.9 Å². The predicted molar refractivity (Wildman–Crippen MR) is 43.7 cm³/mol. The summed E-state index contributed by atoms with van der Waals surface area (Å²) in [4.78, 5) is 10.6. The van der Waals surface area contributed by atoms with Crippen LogP contribution in [-0.4, -0.2) is 36.4 Å². The maximum atomic E-state index is 10.6. The number of amides is 1. The lowest BCUT2D eigenvalue weighted by atomic mass is 10.1. The van der Waals surface area contributed by atoms with Crippen LogP contribution in [0.25, 0.3) is 0 Å². The largest absolute Gasteiger partial charge is 0.394 e. The zero-order valence-electron chi connectivity index (χ0n) is 7.25. The van der Waals surface area contributed by atoms with Crippen LogP contribution in [0.1, 0.15) is 19.8 Å². The quantitative estimate of drug-likeness (QED) is 0.600. The standard InChI is InChI=1S/C8H15NO3/c1-6(11)9-7-2-3-8(4-10)12-5-7/h7-8,10H,2-5H2,1H3,(H,9,11)/t7-,8+/m1/s1. The van der Waals surface area contributed by atoms with Gasteiger partial charge in [-0.15, -0.1) is 0 Å². The molecule has 1 aliphatic heterocycles. The van der Waals surface area contributed by atoms with Gasteiger partial charge in [0.15, 0.2) is 0 Å². The third-order valence-electron chi connectivity index (χ3n) is 1.98. The minimum absolute atomic E-state index is 0.0222. The second-order valence-corrected chi connectivity index (χ2v) is 3.11. The second-order valence-electron chi connectivity index (χ2n) is 3.11. The third-order valence-corrected chi connectivity index (χ3v) is 1.98. The van der Waals surface area contributed by atoms with Crippen molar-refractivity contribution in [3.8, 4) is 0 Å². The first kappa shape index (κ1) is 9.48. The highest BCUT2D eigenvalue weighted by molar-refractivity contribution is 5.73. The fourth-order valence-corrected chi connectivity index (χ4v) is 1.35. The maximum Gasteiger partial charge on any atom is 0.217 e. The molecule has 0 aromatic heterocycles. The molecule has 12 heavy (non-hydrogen) atoms. The van der Waals surface area contributed by atoms with Crippen LogP contribution >= 0.6 is 0 Å². The summed E-state index contributed by atoms with van der Waals surface area (Å²) in [7, 11) is 0. The minimum Gasteiger partial charge on any atom is -0.394 e. The van der Waals surface area contributed by atoms with Crippen molar-refractivity contribution in [3.63, 3.8) is 0 Å². The molecule has 2 N–H and O–H groups in total. The number of rotatable bonds is 2. The molecule has 0 unspecified atom stereocenters. The Bertz CT molecular complexity index is 152. The fourth-order valence-electron chi connectivity index (χ4n) is 1.35. The Morgan fingerprint density at radius 1 is 1.67 bits per heavy atom. The number of aliphatic hydroxyl groups excluding tert-OH is 1. The van der Waals surface area contributed by atoms with Gasteiger partial charge in [0.2, 0.25) is 5.91 Å². The molecule has 0 radical (unpaired) electrons. The Kier molecular flexibility index (Phi) is 3.49. The van der Waals surface area contributed by atoms with Crippen molar-refractivity contribution < 1.29 is 14.6 Å². The molecule has 0 spiro atoms. The molecule has 0 aromatic rings. The summed E-state index contributed by atoms with van der Waals surface area (Å²) in [5.74, 6) is -0.0222. The van der Waals surface area contributed by atoms with Gasteiger partial charge in [-0.3, -0.25) is 4.79 Å². The van der Waals surface area contributed by atoms with Crippen LogP contribution in [-0.2, 0) is 9.53 Å². The number of hydrogen-bond donors (Lipinski definition) is 2. The summed E-state index contributed by atoms with van der Waals surface area (Å²) >= 11 is 0. The van der Waals surface area contributed by atoms with E-state index in [1.807, 2.05) is 0 Å². The SMILES string of the molecule is CC(=O)N[C@@H]1CC[C@@H](CO)OC1. The Hall–Kier alpha value is -0.610. The molecule has 4 heteroatoms. The van der Waals surface area contributed by atoms with Crippen LogP contribution in [0.5, 0.6) is 0 Å². The molecule has 0 saturated carbocycles. The van der Waals surface area contributed by atoms with Gasteiger partial charge in [-0.1, -0.05) is 0 Å². The van der Waals surface area contributed by atoms with Crippen molar-refractivity contribution in [3.05, 3.63) is 0 Å². The summed E-state index contributed by atoms with van der Waals surface area (Å²) in [6.07, 6.45) is 1.68. The van der Waals surface area contributed by atoms with Gasteiger partial charge in [0.05, 0.1) is 25.4 Å². The molecule has 70 valence electrons. The summed E-state index contributed by atoms with van der Waals surface area (Å²) in [6.45, 7) is 2.09. The first-order valence-electron chi connectivity index (χ1n) is 4.22. The smallest absolute Gasteiger partial charge is 0.217 e. The van der Waals surface area contributed by atoms with Crippen LogP contribution in [0, 0.1) is 0 Å².